The first-order valence-corrected chi connectivity index (χ1v) is 10.2. The van der Waals surface area contributed by atoms with Gasteiger partial charge in [-0.15, -0.1) is 0 Å². The number of ether oxygens (including phenoxy) is 1. The molecule has 0 aromatic heterocycles. The van der Waals surface area contributed by atoms with Crippen LogP contribution in [0.15, 0.2) is 30.3 Å². The second kappa shape index (κ2) is 9.52. The van der Waals surface area contributed by atoms with E-state index in [4.69, 9.17) is 4.74 Å². The number of esters is 1. The van der Waals surface area contributed by atoms with Crippen molar-refractivity contribution < 1.29 is 29.0 Å². The zero-order valence-corrected chi connectivity index (χ0v) is 17.2. The molecule has 0 amide bonds. The minimum Gasteiger partial charge on any atom is -0.550 e. The van der Waals surface area contributed by atoms with E-state index in [1.54, 1.807) is 0 Å². The smallest absolute Gasteiger partial charge is 0.343 e. The highest BCUT2D eigenvalue weighted by atomic mass is 16.6. The summed E-state index contributed by atoms with van der Waals surface area (Å²) in [4.78, 5) is 22.2. The molecule has 2 aliphatic rings. The van der Waals surface area contributed by atoms with Gasteiger partial charge in [-0.1, -0.05) is 50.1 Å². The number of carboxylic acids is 1. The van der Waals surface area contributed by atoms with Gasteiger partial charge in [0.1, 0.15) is 6.54 Å². The van der Waals surface area contributed by atoms with Crippen LogP contribution in [0.5, 0.6) is 0 Å². The van der Waals surface area contributed by atoms with Gasteiger partial charge >= 0.3 is 5.97 Å². The number of carbonyl (C=O) groups excluding carboxylic acids is 2. The molecule has 3 rings (SSSR count). The molecule has 0 spiro atoms. The van der Waals surface area contributed by atoms with E-state index in [0.29, 0.717) is 5.56 Å². The molecule has 2 atom stereocenters. The summed E-state index contributed by atoms with van der Waals surface area (Å²) in [5.41, 5.74) is -0.832. The van der Waals surface area contributed by atoms with E-state index in [9.17, 15) is 19.8 Å². The van der Waals surface area contributed by atoms with Gasteiger partial charge in [0.25, 0.3) is 0 Å². The maximum atomic E-state index is 12.9. The van der Waals surface area contributed by atoms with E-state index in [1.807, 2.05) is 30.3 Å². The van der Waals surface area contributed by atoms with E-state index in [-0.39, 0.29) is 18.4 Å². The zero-order valence-electron chi connectivity index (χ0n) is 17.2. The van der Waals surface area contributed by atoms with Gasteiger partial charge in [-0.3, -0.25) is 0 Å². The van der Waals surface area contributed by atoms with Gasteiger partial charge in [0.05, 0.1) is 20.6 Å². The largest absolute Gasteiger partial charge is 0.550 e. The number of quaternary nitrogens is 1. The minimum absolute atomic E-state index is 0.0405. The van der Waals surface area contributed by atoms with Crippen molar-refractivity contribution in [2.24, 2.45) is 5.92 Å². The highest BCUT2D eigenvalue weighted by molar-refractivity contribution is 5.81. The molecular formula is C22H33NO5. The lowest BCUT2D eigenvalue weighted by molar-refractivity contribution is -0.879. The van der Waals surface area contributed by atoms with Crippen LogP contribution in [0, 0.1) is 5.92 Å². The predicted octanol–water partition coefficient (Wildman–Crippen LogP) is 1.60. The van der Waals surface area contributed by atoms with Crippen LogP contribution < -0.4 is 5.11 Å². The normalized spacial score (nSPS) is 23.4. The van der Waals surface area contributed by atoms with Gasteiger partial charge in [-0.05, 0) is 24.8 Å². The average Bonchev–Trinajstić information content (AvgIpc) is 3.32. The zero-order chi connectivity index (χ0) is 20.8. The van der Waals surface area contributed by atoms with Gasteiger partial charge in [0.2, 0.25) is 0 Å². The van der Waals surface area contributed by atoms with Crippen LogP contribution in [-0.4, -0.2) is 54.8 Å². The fourth-order valence-corrected chi connectivity index (χ4v) is 4.12. The quantitative estimate of drug-likeness (QED) is 0.609. The van der Waals surface area contributed by atoms with Crippen molar-refractivity contribution in [3.63, 3.8) is 0 Å². The number of hydrogen-bond donors (Lipinski definition) is 1. The van der Waals surface area contributed by atoms with Crippen LogP contribution in [0.3, 0.4) is 0 Å². The van der Waals surface area contributed by atoms with Crippen LogP contribution in [0.1, 0.15) is 51.0 Å². The first-order valence-electron chi connectivity index (χ1n) is 10.2. The Kier molecular flexibility index (Phi) is 7.61. The van der Waals surface area contributed by atoms with Crippen LogP contribution in [0.2, 0.25) is 0 Å². The van der Waals surface area contributed by atoms with Crippen molar-refractivity contribution in [1.29, 1.82) is 0 Å². The summed E-state index contributed by atoms with van der Waals surface area (Å²) in [5, 5.41) is 20.6. The highest BCUT2D eigenvalue weighted by Crippen LogP contribution is 2.42. The molecule has 1 aromatic rings. The molecular weight excluding hydrogens is 358 g/mol. The molecule has 2 fully saturated rings. The molecule has 0 radical (unpaired) electrons. The van der Waals surface area contributed by atoms with E-state index in [1.165, 1.54) is 6.92 Å². The number of benzene rings is 1. The molecule has 6 heteroatoms. The summed E-state index contributed by atoms with van der Waals surface area (Å²) in [6.45, 7) is 3.36. The van der Waals surface area contributed by atoms with E-state index in [2.05, 4.69) is 14.1 Å². The molecule has 1 aliphatic carbocycles. The lowest BCUT2D eigenvalue weighted by atomic mass is 9.80. The summed E-state index contributed by atoms with van der Waals surface area (Å²) in [6, 6.07) is 9.33. The lowest BCUT2D eigenvalue weighted by Gasteiger charge is -2.33. The monoisotopic (exact) mass is 391 g/mol. The summed E-state index contributed by atoms with van der Waals surface area (Å²) in [5.74, 6) is -1.49. The third kappa shape index (κ3) is 5.55. The average molecular weight is 392 g/mol. The molecule has 1 heterocycles. The fourth-order valence-electron chi connectivity index (χ4n) is 4.12. The van der Waals surface area contributed by atoms with Gasteiger partial charge < -0.3 is 24.2 Å². The predicted molar refractivity (Wildman–Crippen MR) is 104 cm³/mol. The summed E-state index contributed by atoms with van der Waals surface area (Å²) >= 11 is 0. The van der Waals surface area contributed by atoms with Crippen molar-refractivity contribution >= 4 is 11.9 Å². The molecule has 1 saturated heterocycles. The van der Waals surface area contributed by atoms with Gasteiger partial charge in [0, 0.05) is 18.3 Å². The fraction of sp³-hybridized carbons (Fsp3) is 0.636. The SMILES string of the molecule is CCC(=O)[O-].C[N+]1(C)CCC(OC(=O)C(O)(c2ccccc2)C2CCCC2)C1. The molecule has 1 N–H and O–H groups in total. The number of carbonyl (C=O) groups is 2. The maximum Gasteiger partial charge on any atom is 0.343 e. The van der Waals surface area contributed by atoms with Crippen molar-refractivity contribution in [2.75, 3.05) is 27.2 Å². The number of aliphatic carboxylic acids is 1. The second-order valence-electron chi connectivity index (χ2n) is 8.50. The number of likely N-dealkylation sites (N-methyl/N-ethyl adjacent to an activating group) is 1. The second-order valence-corrected chi connectivity index (χ2v) is 8.50. The van der Waals surface area contributed by atoms with E-state index < -0.39 is 17.5 Å². The third-order valence-corrected chi connectivity index (χ3v) is 5.79. The Morgan fingerprint density at radius 2 is 1.75 bits per heavy atom. The van der Waals surface area contributed by atoms with Crippen molar-refractivity contribution in [3.8, 4) is 0 Å². The summed E-state index contributed by atoms with van der Waals surface area (Å²) in [7, 11) is 4.29. The van der Waals surface area contributed by atoms with Crippen molar-refractivity contribution in [1.82, 2.24) is 0 Å². The summed E-state index contributed by atoms with van der Waals surface area (Å²) < 4.78 is 6.64. The van der Waals surface area contributed by atoms with Gasteiger partial charge in [-0.25, -0.2) is 4.79 Å². The molecule has 156 valence electrons. The topological polar surface area (TPSA) is 86.7 Å². The van der Waals surface area contributed by atoms with Crippen LogP contribution >= 0.6 is 0 Å². The van der Waals surface area contributed by atoms with E-state index in [0.717, 1.165) is 49.7 Å². The standard InChI is InChI=1S/C19H28NO3.C3H6O2/c1-20(2)13-12-17(14-20)23-18(21)19(22,16-10-6-7-11-16)15-8-4-3-5-9-15;1-2-3(4)5/h3-5,8-9,16-17,22H,6-7,10-14H2,1-2H3;2H2,1H3,(H,4,5)/q+1;/p-1. The summed E-state index contributed by atoms with van der Waals surface area (Å²) in [6.07, 6.45) is 4.79. The van der Waals surface area contributed by atoms with Crippen molar-refractivity contribution in [3.05, 3.63) is 35.9 Å². The Bertz CT molecular complexity index is 654. The molecule has 0 bridgehead atoms. The number of aliphatic hydroxyl groups is 1. The Balaban J connectivity index is 0.000000500. The molecule has 2 unspecified atom stereocenters. The number of hydrogen-bond acceptors (Lipinski definition) is 5. The van der Waals surface area contributed by atoms with E-state index >= 15 is 0 Å². The lowest BCUT2D eigenvalue weighted by Crippen LogP contribution is -2.46. The Labute approximate surface area is 167 Å². The molecule has 1 aliphatic heterocycles. The van der Waals surface area contributed by atoms with Crippen LogP contribution in [-0.2, 0) is 19.9 Å². The number of carboxylic acid groups (broad SMARTS) is 1. The first kappa shape index (κ1) is 22.4. The Morgan fingerprint density at radius 1 is 1.18 bits per heavy atom. The number of nitrogens with zero attached hydrogens (tertiary/aromatic N) is 1. The van der Waals surface area contributed by atoms with Crippen LogP contribution in [0.4, 0.5) is 0 Å². The third-order valence-electron chi connectivity index (χ3n) is 5.79. The molecule has 1 aromatic carbocycles. The van der Waals surface area contributed by atoms with Gasteiger partial charge in [0.15, 0.2) is 11.7 Å². The van der Waals surface area contributed by atoms with Crippen LogP contribution in [0.25, 0.3) is 0 Å². The molecule has 6 nitrogen and oxygen atoms in total. The number of rotatable bonds is 5. The minimum atomic E-state index is -1.50. The highest BCUT2D eigenvalue weighted by Gasteiger charge is 2.49. The molecule has 1 saturated carbocycles. The Hall–Kier alpha value is -1.92. The first-order chi connectivity index (χ1) is 13.2. The maximum absolute atomic E-state index is 12.9. The van der Waals surface area contributed by atoms with Crippen molar-refractivity contribution in [2.45, 2.75) is 57.2 Å². The molecule has 28 heavy (non-hydrogen) atoms. The van der Waals surface area contributed by atoms with Gasteiger partial charge in [-0.2, -0.15) is 0 Å². The number of likely N-dealkylation sites (tertiary alicyclic amines) is 1. The Morgan fingerprint density at radius 3 is 2.21 bits per heavy atom.